The van der Waals surface area contributed by atoms with Crippen molar-refractivity contribution in [2.75, 3.05) is 13.6 Å². The highest BCUT2D eigenvalue weighted by atomic mass is 19.1. The number of aryl methyl sites for hydroxylation is 1. The minimum atomic E-state index is -0.412. The molecule has 1 heterocycles. The van der Waals surface area contributed by atoms with Crippen LogP contribution in [-0.2, 0) is 6.42 Å². The first-order valence-corrected chi connectivity index (χ1v) is 7.95. The molecule has 0 fully saturated rings. The second kappa shape index (κ2) is 7.25. The second-order valence-corrected chi connectivity index (χ2v) is 5.79. The Labute approximate surface area is 145 Å². The van der Waals surface area contributed by atoms with Gasteiger partial charge in [0, 0.05) is 25.6 Å². The lowest BCUT2D eigenvalue weighted by Gasteiger charge is -2.17. The van der Waals surface area contributed by atoms with Gasteiger partial charge in [-0.2, -0.15) is 4.98 Å². The highest BCUT2D eigenvalue weighted by Crippen LogP contribution is 2.20. The average Bonchev–Trinajstić information content (AvgIpc) is 3.08. The predicted octanol–water partition coefficient (Wildman–Crippen LogP) is 3.50. The summed E-state index contributed by atoms with van der Waals surface area (Å²) in [5.74, 6) is 0.101. The van der Waals surface area contributed by atoms with E-state index >= 15 is 0 Å². The molecule has 0 atom stereocenters. The Balaban J connectivity index is 1.65. The van der Waals surface area contributed by atoms with E-state index in [-0.39, 0.29) is 17.4 Å². The third-order valence-corrected chi connectivity index (χ3v) is 3.97. The first kappa shape index (κ1) is 16.8. The van der Waals surface area contributed by atoms with Gasteiger partial charge < -0.3 is 9.42 Å². The van der Waals surface area contributed by atoms with Crippen LogP contribution in [0.5, 0.6) is 0 Å². The Hall–Kier alpha value is -3.02. The van der Waals surface area contributed by atoms with Gasteiger partial charge in [0.15, 0.2) is 5.82 Å². The summed E-state index contributed by atoms with van der Waals surface area (Å²) in [6.45, 7) is 2.34. The summed E-state index contributed by atoms with van der Waals surface area (Å²) in [5.41, 5.74) is 1.87. The van der Waals surface area contributed by atoms with Gasteiger partial charge in [-0.3, -0.25) is 4.79 Å². The van der Waals surface area contributed by atoms with Gasteiger partial charge in [-0.05, 0) is 30.7 Å². The Bertz CT molecular complexity index is 892. The first-order chi connectivity index (χ1) is 12.1. The number of nitrogens with zero attached hydrogens (tertiary/aromatic N) is 3. The monoisotopic (exact) mass is 339 g/mol. The summed E-state index contributed by atoms with van der Waals surface area (Å²) in [4.78, 5) is 18.3. The van der Waals surface area contributed by atoms with Crippen LogP contribution in [-0.4, -0.2) is 34.5 Å². The van der Waals surface area contributed by atoms with E-state index in [9.17, 15) is 9.18 Å². The number of amides is 1. The summed E-state index contributed by atoms with van der Waals surface area (Å²) in [7, 11) is 1.73. The minimum absolute atomic E-state index is 0.0593. The molecule has 0 aliphatic rings. The van der Waals surface area contributed by atoms with Crippen molar-refractivity contribution < 1.29 is 13.7 Å². The molecule has 0 unspecified atom stereocenters. The van der Waals surface area contributed by atoms with E-state index in [0.717, 1.165) is 5.56 Å². The molecule has 6 heteroatoms. The van der Waals surface area contributed by atoms with Gasteiger partial charge in [0.2, 0.25) is 0 Å². The predicted molar refractivity (Wildman–Crippen MR) is 91.5 cm³/mol. The molecule has 128 valence electrons. The summed E-state index contributed by atoms with van der Waals surface area (Å²) >= 11 is 0. The van der Waals surface area contributed by atoms with Crippen molar-refractivity contribution in [2.24, 2.45) is 0 Å². The van der Waals surface area contributed by atoms with Gasteiger partial charge in [0.25, 0.3) is 11.8 Å². The molecule has 0 saturated heterocycles. The van der Waals surface area contributed by atoms with Crippen LogP contribution in [0, 0.1) is 12.7 Å². The summed E-state index contributed by atoms with van der Waals surface area (Å²) < 4.78 is 18.9. The molecule has 1 aromatic heterocycles. The van der Waals surface area contributed by atoms with Gasteiger partial charge in [-0.1, -0.05) is 35.5 Å². The van der Waals surface area contributed by atoms with Crippen LogP contribution < -0.4 is 0 Å². The summed E-state index contributed by atoms with van der Waals surface area (Å²) in [6.07, 6.45) is 0.423. The van der Waals surface area contributed by atoms with E-state index in [1.807, 2.05) is 25.1 Å². The van der Waals surface area contributed by atoms with Gasteiger partial charge in [0.05, 0.1) is 5.56 Å². The van der Waals surface area contributed by atoms with Crippen molar-refractivity contribution in [1.82, 2.24) is 15.0 Å². The summed E-state index contributed by atoms with van der Waals surface area (Å²) in [5, 5.41) is 3.86. The molecule has 1 amide bonds. The van der Waals surface area contributed by atoms with Crippen LogP contribution in [0.15, 0.2) is 53.1 Å². The molecule has 3 rings (SSSR count). The summed E-state index contributed by atoms with van der Waals surface area (Å²) in [6, 6.07) is 13.7. The highest BCUT2D eigenvalue weighted by molar-refractivity contribution is 5.95. The third kappa shape index (κ3) is 3.74. The van der Waals surface area contributed by atoms with E-state index in [2.05, 4.69) is 10.1 Å². The van der Waals surface area contributed by atoms with Crippen LogP contribution in [0.2, 0.25) is 0 Å². The smallest absolute Gasteiger partial charge is 0.260 e. The van der Waals surface area contributed by atoms with Crippen LogP contribution >= 0.6 is 0 Å². The van der Waals surface area contributed by atoms with Crippen LogP contribution in [0.4, 0.5) is 4.39 Å². The van der Waals surface area contributed by atoms with Gasteiger partial charge in [-0.15, -0.1) is 0 Å². The maximum absolute atomic E-state index is 13.7. The SMILES string of the molecule is Cc1ccccc1C(=O)N(C)CCc1noc(-c2ccccc2F)n1. The number of hydrogen-bond acceptors (Lipinski definition) is 4. The molecule has 5 nitrogen and oxygen atoms in total. The molecular weight excluding hydrogens is 321 g/mol. The fourth-order valence-corrected chi connectivity index (χ4v) is 2.49. The van der Waals surface area contributed by atoms with E-state index in [1.165, 1.54) is 6.07 Å². The zero-order chi connectivity index (χ0) is 17.8. The van der Waals surface area contributed by atoms with Crippen molar-refractivity contribution in [3.8, 4) is 11.5 Å². The molecule has 2 aromatic carbocycles. The Kier molecular flexibility index (Phi) is 4.88. The van der Waals surface area contributed by atoms with Crippen LogP contribution in [0.25, 0.3) is 11.5 Å². The van der Waals surface area contributed by atoms with E-state index < -0.39 is 5.82 Å². The number of hydrogen-bond donors (Lipinski definition) is 0. The van der Waals surface area contributed by atoms with Crippen molar-refractivity contribution in [3.05, 3.63) is 71.3 Å². The minimum Gasteiger partial charge on any atom is -0.341 e. The maximum atomic E-state index is 13.7. The lowest BCUT2D eigenvalue weighted by molar-refractivity contribution is 0.0795. The quantitative estimate of drug-likeness (QED) is 0.714. The number of carbonyl (C=O) groups excluding carboxylic acids is 1. The number of aromatic nitrogens is 2. The van der Waals surface area contributed by atoms with Crippen molar-refractivity contribution in [3.63, 3.8) is 0 Å². The Morgan fingerprint density at radius 3 is 2.64 bits per heavy atom. The van der Waals surface area contributed by atoms with Gasteiger partial charge >= 0.3 is 0 Å². The standard InChI is InChI=1S/C19H18FN3O2/c1-13-7-3-4-8-14(13)19(24)23(2)12-11-17-21-18(25-22-17)15-9-5-6-10-16(15)20/h3-10H,11-12H2,1-2H3. The second-order valence-electron chi connectivity index (χ2n) is 5.79. The molecule has 0 N–H and O–H groups in total. The Morgan fingerprint density at radius 1 is 1.16 bits per heavy atom. The van der Waals surface area contributed by atoms with Crippen molar-refractivity contribution >= 4 is 5.91 Å². The number of likely N-dealkylation sites (N-methyl/N-ethyl adjacent to an activating group) is 1. The number of benzene rings is 2. The molecule has 0 radical (unpaired) electrons. The molecule has 3 aromatic rings. The van der Waals surface area contributed by atoms with Gasteiger partial charge in [0.1, 0.15) is 5.82 Å². The molecule has 0 aliphatic carbocycles. The Morgan fingerprint density at radius 2 is 1.88 bits per heavy atom. The maximum Gasteiger partial charge on any atom is 0.260 e. The molecular formula is C19H18FN3O2. The normalized spacial score (nSPS) is 10.7. The lowest BCUT2D eigenvalue weighted by Crippen LogP contribution is -2.29. The molecule has 0 saturated carbocycles. The van der Waals surface area contributed by atoms with Crippen molar-refractivity contribution in [2.45, 2.75) is 13.3 Å². The zero-order valence-corrected chi connectivity index (χ0v) is 14.1. The van der Waals surface area contributed by atoms with Gasteiger partial charge in [-0.25, -0.2) is 4.39 Å². The molecule has 0 spiro atoms. The fourth-order valence-electron chi connectivity index (χ4n) is 2.49. The highest BCUT2D eigenvalue weighted by Gasteiger charge is 2.16. The number of halogens is 1. The molecule has 25 heavy (non-hydrogen) atoms. The molecule has 0 aliphatic heterocycles. The fraction of sp³-hybridized carbons (Fsp3) is 0.211. The van der Waals surface area contributed by atoms with Crippen LogP contribution in [0.3, 0.4) is 0 Å². The van der Waals surface area contributed by atoms with E-state index in [0.29, 0.717) is 24.4 Å². The van der Waals surface area contributed by atoms with Crippen LogP contribution in [0.1, 0.15) is 21.7 Å². The topological polar surface area (TPSA) is 59.2 Å². The molecule has 0 bridgehead atoms. The number of carbonyl (C=O) groups is 1. The van der Waals surface area contributed by atoms with Crippen molar-refractivity contribution in [1.29, 1.82) is 0 Å². The third-order valence-electron chi connectivity index (χ3n) is 3.97. The van der Waals surface area contributed by atoms with E-state index in [1.54, 1.807) is 36.2 Å². The van der Waals surface area contributed by atoms with E-state index in [4.69, 9.17) is 4.52 Å². The zero-order valence-electron chi connectivity index (χ0n) is 14.1. The average molecular weight is 339 g/mol. The first-order valence-electron chi connectivity index (χ1n) is 7.95. The largest absolute Gasteiger partial charge is 0.341 e. The number of rotatable bonds is 5. The lowest BCUT2D eigenvalue weighted by atomic mass is 10.1.